The zero-order valence-electron chi connectivity index (χ0n) is 18.7. The third-order valence-electron chi connectivity index (χ3n) is 4.95. The monoisotopic (exact) mass is 484 g/mol. The Morgan fingerprint density at radius 3 is 2.30 bits per heavy atom. The van der Waals surface area contributed by atoms with Crippen molar-refractivity contribution in [2.24, 2.45) is 0 Å². The fraction of sp³-hybridized carbons (Fsp3) is 0.240. The van der Waals surface area contributed by atoms with Crippen LogP contribution in [-0.4, -0.2) is 40.3 Å². The molecule has 0 saturated carbocycles. The molecule has 0 aliphatic rings. The molecule has 0 radical (unpaired) electrons. The summed E-state index contributed by atoms with van der Waals surface area (Å²) >= 11 is 1.53. The number of carbonyl (C=O) groups excluding carboxylic acids is 1. The van der Waals surface area contributed by atoms with E-state index in [-0.39, 0.29) is 17.3 Å². The van der Waals surface area contributed by atoms with Crippen LogP contribution in [0.5, 0.6) is 5.75 Å². The Balaban J connectivity index is 1.86. The summed E-state index contributed by atoms with van der Waals surface area (Å²) in [4.78, 5) is 13.9. The molecule has 0 aliphatic carbocycles. The largest absolute Gasteiger partial charge is 0.492 e. The molecule has 33 heavy (non-hydrogen) atoms. The van der Waals surface area contributed by atoms with Crippen molar-refractivity contribution in [2.45, 2.75) is 23.1 Å². The number of anilines is 1. The number of thioether (sulfide) groups is 1. The number of rotatable bonds is 11. The summed E-state index contributed by atoms with van der Waals surface area (Å²) in [5, 5.41) is 2.84. The molecule has 0 fully saturated rings. The number of ether oxygens (including phenoxy) is 1. The Morgan fingerprint density at radius 2 is 1.64 bits per heavy atom. The molecule has 174 valence electrons. The lowest BCUT2D eigenvalue weighted by Gasteiger charge is -2.26. The van der Waals surface area contributed by atoms with Gasteiger partial charge in [0.2, 0.25) is 5.91 Å². The topological polar surface area (TPSA) is 75.7 Å². The molecule has 3 aromatic rings. The normalized spacial score (nSPS) is 11.1. The maximum atomic E-state index is 13.6. The summed E-state index contributed by atoms with van der Waals surface area (Å²) in [6.45, 7) is 2.25. The minimum Gasteiger partial charge on any atom is -0.492 e. The SMILES string of the molecule is CCOc1ccccc1N(CC(=O)NCCc1ccccc1)S(=O)(=O)c1ccc(SC)cc1. The number of hydrogen-bond donors (Lipinski definition) is 1. The van der Waals surface area contributed by atoms with Gasteiger partial charge >= 0.3 is 0 Å². The Morgan fingerprint density at radius 1 is 0.970 bits per heavy atom. The van der Waals surface area contributed by atoms with E-state index in [2.05, 4.69) is 5.32 Å². The van der Waals surface area contributed by atoms with Crippen LogP contribution in [0, 0.1) is 0 Å². The van der Waals surface area contributed by atoms with Gasteiger partial charge in [0.25, 0.3) is 10.0 Å². The first-order valence-corrected chi connectivity index (χ1v) is 13.3. The number of para-hydroxylation sites is 2. The lowest BCUT2D eigenvalue weighted by molar-refractivity contribution is -0.119. The van der Waals surface area contributed by atoms with Crippen LogP contribution in [0.1, 0.15) is 12.5 Å². The lowest BCUT2D eigenvalue weighted by atomic mass is 10.1. The highest BCUT2D eigenvalue weighted by molar-refractivity contribution is 7.98. The van der Waals surface area contributed by atoms with Crippen molar-refractivity contribution in [3.63, 3.8) is 0 Å². The fourth-order valence-corrected chi connectivity index (χ4v) is 5.13. The van der Waals surface area contributed by atoms with Gasteiger partial charge in [-0.3, -0.25) is 9.10 Å². The van der Waals surface area contributed by atoms with Gasteiger partial charge in [0.1, 0.15) is 12.3 Å². The minimum absolute atomic E-state index is 0.115. The molecule has 1 amide bonds. The van der Waals surface area contributed by atoms with Crippen LogP contribution < -0.4 is 14.4 Å². The van der Waals surface area contributed by atoms with Gasteiger partial charge in [0, 0.05) is 11.4 Å². The van der Waals surface area contributed by atoms with Crippen molar-refractivity contribution in [3.05, 3.63) is 84.4 Å². The van der Waals surface area contributed by atoms with Crippen molar-refractivity contribution in [1.82, 2.24) is 5.32 Å². The average molecular weight is 485 g/mol. The maximum Gasteiger partial charge on any atom is 0.264 e. The predicted molar refractivity (Wildman–Crippen MR) is 134 cm³/mol. The van der Waals surface area contributed by atoms with Crippen LogP contribution in [-0.2, 0) is 21.2 Å². The standard InChI is InChI=1S/C25H28N2O4S2/c1-3-31-24-12-8-7-11-23(24)27(33(29,30)22-15-13-21(32-2)14-16-22)19-25(28)26-18-17-20-9-5-4-6-10-20/h4-16H,3,17-19H2,1-2H3,(H,26,28). The van der Waals surface area contributed by atoms with E-state index in [1.165, 1.54) is 11.8 Å². The zero-order chi connectivity index (χ0) is 23.7. The van der Waals surface area contributed by atoms with E-state index >= 15 is 0 Å². The molecule has 0 bridgehead atoms. The summed E-state index contributed by atoms with van der Waals surface area (Å²) in [5.74, 6) is 0.0166. The molecule has 8 heteroatoms. The van der Waals surface area contributed by atoms with E-state index in [1.807, 2.05) is 43.5 Å². The number of nitrogens with one attached hydrogen (secondary N) is 1. The summed E-state index contributed by atoms with van der Waals surface area (Å²) in [5.41, 5.74) is 1.42. The van der Waals surface area contributed by atoms with Crippen molar-refractivity contribution in [3.8, 4) is 5.75 Å². The number of nitrogens with zero attached hydrogens (tertiary/aromatic N) is 1. The Kier molecular flexibility index (Phi) is 8.79. The van der Waals surface area contributed by atoms with Gasteiger partial charge in [-0.05, 0) is 61.6 Å². The van der Waals surface area contributed by atoms with Gasteiger partial charge in [-0.25, -0.2) is 8.42 Å². The van der Waals surface area contributed by atoms with Crippen molar-refractivity contribution in [1.29, 1.82) is 0 Å². The molecule has 0 heterocycles. The third-order valence-corrected chi connectivity index (χ3v) is 7.46. The van der Waals surface area contributed by atoms with E-state index in [0.29, 0.717) is 31.0 Å². The number of benzene rings is 3. The molecule has 3 rings (SSSR count). The Labute approximate surface area is 200 Å². The summed E-state index contributed by atoms with van der Waals surface area (Å²) in [6.07, 6.45) is 2.58. The van der Waals surface area contributed by atoms with Crippen LogP contribution in [0.25, 0.3) is 0 Å². The first-order valence-electron chi connectivity index (χ1n) is 10.6. The Bertz CT molecular complexity index is 1150. The summed E-state index contributed by atoms with van der Waals surface area (Å²) in [6, 6.07) is 23.3. The van der Waals surface area contributed by atoms with E-state index in [0.717, 1.165) is 14.8 Å². The van der Waals surface area contributed by atoms with E-state index in [9.17, 15) is 13.2 Å². The van der Waals surface area contributed by atoms with Crippen LogP contribution in [0.2, 0.25) is 0 Å². The molecular weight excluding hydrogens is 456 g/mol. The van der Waals surface area contributed by atoms with Gasteiger partial charge in [-0.1, -0.05) is 42.5 Å². The molecule has 0 aromatic heterocycles. The number of sulfonamides is 1. The van der Waals surface area contributed by atoms with Crippen molar-refractivity contribution >= 4 is 33.4 Å². The number of carbonyl (C=O) groups is 1. The highest BCUT2D eigenvalue weighted by Crippen LogP contribution is 2.32. The highest BCUT2D eigenvalue weighted by atomic mass is 32.2. The van der Waals surface area contributed by atoms with Crippen LogP contribution in [0.15, 0.2) is 88.7 Å². The molecule has 0 aliphatic heterocycles. The summed E-state index contributed by atoms with van der Waals surface area (Å²) < 4.78 is 34.0. The first-order chi connectivity index (χ1) is 16.0. The fourth-order valence-electron chi connectivity index (χ4n) is 3.29. The van der Waals surface area contributed by atoms with Gasteiger partial charge in [-0.15, -0.1) is 11.8 Å². The Hall–Kier alpha value is -2.97. The number of amides is 1. The first kappa shape index (κ1) is 24.7. The highest BCUT2D eigenvalue weighted by Gasteiger charge is 2.29. The minimum atomic E-state index is -4.01. The van der Waals surface area contributed by atoms with Crippen molar-refractivity contribution < 1.29 is 17.9 Å². The van der Waals surface area contributed by atoms with Gasteiger partial charge in [0.15, 0.2) is 0 Å². The molecule has 1 N–H and O–H groups in total. The lowest BCUT2D eigenvalue weighted by Crippen LogP contribution is -2.41. The average Bonchev–Trinajstić information content (AvgIpc) is 2.84. The van der Waals surface area contributed by atoms with Gasteiger partial charge in [0.05, 0.1) is 17.2 Å². The second kappa shape index (κ2) is 11.8. The molecule has 0 unspecified atom stereocenters. The molecular formula is C25H28N2O4S2. The molecule has 6 nitrogen and oxygen atoms in total. The van der Waals surface area contributed by atoms with E-state index in [1.54, 1.807) is 48.5 Å². The van der Waals surface area contributed by atoms with Crippen LogP contribution in [0.3, 0.4) is 0 Å². The van der Waals surface area contributed by atoms with Gasteiger partial charge in [-0.2, -0.15) is 0 Å². The predicted octanol–water partition coefficient (Wildman–Crippen LogP) is 4.36. The molecule has 0 spiro atoms. The second-order valence-corrected chi connectivity index (χ2v) is 9.92. The maximum absolute atomic E-state index is 13.6. The quantitative estimate of drug-likeness (QED) is 0.409. The van der Waals surface area contributed by atoms with Crippen molar-refractivity contribution in [2.75, 3.05) is 30.3 Å². The van der Waals surface area contributed by atoms with Crippen LogP contribution >= 0.6 is 11.8 Å². The van der Waals surface area contributed by atoms with Gasteiger partial charge < -0.3 is 10.1 Å². The molecule has 0 atom stereocenters. The zero-order valence-corrected chi connectivity index (χ0v) is 20.4. The van der Waals surface area contributed by atoms with Crippen LogP contribution in [0.4, 0.5) is 5.69 Å². The summed E-state index contributed by atoms with van der Waals surface area (Å²) in [7, 11) is -4.01. The molecule has 0 saturated heterocycles. The van der Waals surface area contributed by atoms with E-state index < -0.39 is 10.0 Å². The molecule has 3 aromatic carbocycles. The number of hydrogen-bond acceptors (Lipinski definition) is 5. The second-order valence-electron chi connectivity index (χ2n) is 7.17. The smallest absolute Gasteiger partial charge is 0.264 e. The third kappa shape index (κ3) is 6.52. The van der Waals surface area contributed by atoms with E-state index in [4.69, 9.17) is 4.74 Å².